The van der Waals surface area contributed by atoms with E-state index in [4.69, 9.17) is 10.8 Å². The van der Waals surface area contributed by atoms with Crippen LogP contribution in [-0.4, -0.2) is 23.7 Å². The Kier molecular flexibility index (Phi) is 4.55. The largest absolute Gasteiger partial charge is 0.481 e. The molecule has 0 spiro atoms. The molecule has 0 heterocycles. The van der Waals surface area contributed by atoms with Crippen molar-refractivity contribution in [3.05, 3.63) is 29.8 Å². The van der Waals surface area contributed by atoms with E-state index in [-0.39, 0.29) is 13.0 Å². The van der Waals surface area contributed by atoms with E-state index in [1.54, 1.807) is 0 Å². The molecule has 1 aromatic rings. The fraction of sp³-hybridized carbons (Fsp3) is 0.364. The number of halogens is 3. The van der Waals surface area contributed by atoms with Crippen LogP contribution in [0.1, 0.15) is 12.0 Å². The van der Waals surface area contributed by atoms with Gasteiger partial charge in [-0.3, -0.25) is 4.79 Å². The first-order chi connectivity index (χ1) is 8.29. The highest BCUT2D eigenvalue weighted by Gasteiger charge is 2.29. The van der Waals surface area contributed by atoms with Crippen molar-refractivity contribution in [2.45, 2.75) is 18.6 Å². The molecule has 0 saturated carbocycles. The van der Waals surface area contributed by atoms with Crippen molar-refractivity contribution in [3.8, 4) is 0 Å². The van der Waals surface area contributed by atoms with Gasteiger partial charge in [-0.2, -0.15) is 13.2 Å². The zero-order valence-corrected chi connectivity index (χ0v) is 9.37. The van der Waals surface area contributed by atoms with E-state index in [2.05, 4.69) is 5.32 Å². The van der Waals surface area contributed by atoms with E-state index in [0.29, 0.717) is 5.69 Å². The van der Waals surface area contributed by atoms with Crippen molar-refractivity contribution in [2.24, 2.45) is 5.73 Å². The van der Waals surface area contributed by atoms with E-state index in [1.807, 2.05) is 0 Å². The summed E-state index contributed by atoms with van der Waals surface area (Å²) in [6, 6.07) is 3.85. The average molecular weight is 262 g/mol. The molecule has 0 aliphatic heterocycles. The van der Waals surface area contributed by atoms with Crippen LogP contribution in [0.4, 0.5) is 18.9 Å². The van der Waals surface area contributed by atoms with Gasteiger partial charge in [-0.1, -0.05) is 0 Å². The summed E-state index contributed by atoms with van der Waals surface area (Å²) in [5.41, 5.74) is 5.23. The van der Waals surface area contributed by atoms with Crippen LogP contribution in [0.3, 0.4) is 0 Å². The minimum Gasteiger partial charge on any atom is -0.481 e. The van der Waals surface area contributed by atoms with Crippen molar-refractivity contribution in [3.63, 3.8) is 0 Å². The number of aliphatic carboxylic acids is 1. The Labute approximate surface area is 102 Å². The maximum Gasteiger partial charge on any atom is 0.416 e. The van der Waals surface area contributed by atoms with Crippen LogP contribution in [-0.2, 0) is 11.0 Å². The Bertz CT molecular complexity index is 404. The average Bonchev–Trinajstić information content (AvgIpc) is 2.25. The Balaban J connectivity index is 2.52. The number of carboxylic acid groups (broad SMARTS) is 1. The minimum atomic E-state index is -4.36. The van der Waals surface area contributed by atoms with Gasteiger partial charge >= 0.3 is 12.1 Å². The first kappa shape index (κ1) is 14.3. The molecule has 0 bridgehead atoms. The fourth-order valence-electron chi connectivity index (χ4n) is 1.32. The molecule has 1 atom stereocenters. The lowest BCUT2D eigenvalue weighted by atomic mass is 10.2. The molecule has 1 unspecified atom stereocenters. The standard InChI is InChI=1S/C11H13F3N2O2/c12-11(13,14)7-1-3-9(4-2-7)16-6-8(15)5-10(17)18/h1-4,8,16H,5-6,15H2,(H,17,18). The number of alkyl halides is 3. The van der Waals surface area contributed by atoms with Gasteiger partial charge in [0.05, 0.1) is 12.0 Å². The summed E-state index contributed by atoms with van der Waals surface area (Å²) in [4.78, 5) is 10.3. The minimum absolute atomic E-state index is 0.178. The summed E-state index contributed by atoms with van der Waals surface area (Å²) in [7, 11) is 0. The zero-order chi connectivity index (χ0) is 13.8. The molecule has 0 fully saturated rings. The number of anilines is 1. The lowest BCUT2D eigenvalue weighted by molar-refractivity contribution is -0.138. The van der Waals surface area contributed by atoms with E-state index in [1.165, 1.54) is 12.1 Å². The molecule has 0 amide bonds. The monoisotopic (exact) mass is 262 g/mol. The SMILES string of the molecule is NC(CNc1ccc(C(F)(F)F)cc1)CC(=O)O. The fourth-order valence-corrected chi connectivity index (χ4v) is 1.32. The molecular formula is C11H13F3N2O2. The molecule has 0 radical (unpaired) electrons. The van der Waals surface area contributed by atoms with Gasteiger partial charge < -0.3 is 16.2 Å². The molecule has 4 nitrogen and oxygen atoms in total. The highest BCUT2D eigenvalue weighted by molar-refractivity contribution is 5.67. The molecule has 4 N–H and O–H groups in total. The second-order valence-electron chi connectivity index (χ2n) is 3.81. The van der Waals surface area contributed by atoms with Crippen LogP contribution in [0.25, 0.3) is 0 Å². The molecular weight excluding hydrogens is 249 g/mol. The lowest BCUT2D eigenvalue weighted by Gasteiger charge is -2.12. The molecule has 0 saturated heterocycles. The van der Waals surface area contributed by atoms with Crippen molar-refractivity contribution in [1.82, 2.24) is 0 Å². The smallest absolute Gasteiger partial charge is 0.416 e. The summed E-state index contributed by atoms with van der Waals surface area (Å²) in [5.74, 6) is -1.02. The third-order valence-electron chi connectivity index (χ3n) is 2.22. The number of nitrogens with one attached hydrogen (secondary N) is 1. The van der Waals surface area contributed by atoms with Crippen molar-refractivity contribution < 1.29 is 23.1 Å². The molecule has 100 valence electrons. The van der Waals surface area contributed by atoms with Crippen LogP contribution < -0.4 is 11.1 Å². The predicted octanol–water partition coefficient (Wildman–Crippen LogP) is 1.92. The van der Waals surface area contributed by atoms with Gasteiger partial charge in [0.2, 0.25) is 0 Å². The normalized spacial score (nSPS) is 13.1. The Morgan fingerprint density at radius 2 is 1.89 bits per heavy atom. The van der Waals surface area contributed by atoms with E-state index in [9.17, 15) is 18.0 Å². The van der Waals surface area contributed by atoms with Gasteiger partial charge in [0, 0.05) is 18.3 Å². The molecule has 1 aromatic carbocycles. The van der Waals surface area contributed by atoms with Gasteiger partial charge in [0.25, 0.3) is 0 Å². The van der Waals surface area contributed by atoms with Gasteiger partial charge in [-0.15, -0.1) is 0 Å². The molecule has 0 aliphatic rings. The number of carbonyl (C=O) groups is 1. The summed E-state index contributed by atoms with van der Waals surface area (Å²) in [6.07, 6.45) is -4.56. The van der Waals surface area contributed by atoms with E-state index in [0.717, 1.165) is 12.1 Å². The van der Waals surface area contributed by atoms with E-state index < -0.39 is 23.8 Å². The molecule has 18 heavy (non-hydrogen) atoms. The topological polar surface area (TPSA) is 75.3 Å². The Morgan fingerprint density at radius 1 is 1.33 bits per heavy atom. The number of hydrogen-bond donors (Lipinski definition) is 3. The summed E-state index contributed by atoms with van der Waals surface area (Å²) in [5, 5.41) is 11.2. The summed E-state index contributed by atoms with van der Waals surface area (Å²) >= 11 is 0. The third-order valence-corrected chi connectivity index (χ3v) is 2.22. The van der Waals surface area contributed by atoms with Crippen LogP contribution in [0, 0.1) is 0 Å². The van der Waals surface area contributed by atoms with E-state index >= 15 is 0 Å². The molecule has 0 aromatic heterocycles. The van der Waals surface area contributed by atoms with Crippen LogP contribution in [0.2, 0.25) is 0 Å². The summed E-state index contributed by atoms with van der Waals surface area (Å²) in [6.45, 7) is 0.178. The van der Waals surface area contributed by atoms with Crippen molar-refractivity contribution in [2.75, 3.05) is 11.9 Å². The highest BCUT2D eigenvalue weighted by atomic mass is 19.4. The van der Waals surface area contributed by atoms with Crippen LogP contribution in [0.15, 0.2) is 24.3 Å². The maximum atomic E-state index is 12.3. The number of nitrogens with two attached hydrogens (primary N) is 1. The first-order valence-corrected chi connectivity index (χ1v) is 5.17. The second-order valence-corrected chi connectivity index (χ2v) is 3.81. The Morgan fingerprint density at radius 3 is 2.33 bits per heavy atom. The molecule has 1 rings (SSSR count). The van der Waals surface area contributed by atoms with Crippen molar-refractivity contribution >= 4 is 11.7 Å². The number of carboxylic acids is 1. The number of rotatable bonds is 5. The quantitative estimate of drug-likeness (QED) is 0.757. The van der Waals surface area contributed by atoms with Crippen LogP contribution in [0.5, 0.6) is 0 Å². The molecule has 0 aliphatic carbocycles. The first-order valence-electron chi connectivity index (χ1n) is 5.17. The zero-order valence-electron chi connectivity index (χ0n) is 9.37. The molecule has 7 heteroatoms. The summed E-state index contributed by atoms with van der Waals surface area (Å²) < 4.78 is 36.8. The van der Waals surface area contributed by atoms with Gasteiger partial charge in [0.15, 0.2) is 0 Å². The van der Waals surface area contributed by atoms with Crippen LogP contribution >= 0.6 is 0 Å². The Hall–Kier alpha value is -1.76. The predicted molar refractivity (Wildman–Crippen MR) is 60.2 cm³/mol. The second kappa shape index (κ2) is 5.72. The highest BCUT2D eigenvalue weighted by Crippen LogP contribution is 2.29. The maximum absolute atomic E-state index is 12.3. The third kappa shape index (κ3) is 4.62. The van der Waals surface area contributed by atoms with Gasteiger partial charge in [-0.05, 0) is 24.3 Å². The number of hydrogen-bond acceptors (Lipinski definition) is 3. The number of benzene rings is 1. The van der Waals surface area contributed by atoms with Crippen molar-refractivity contribution in [1.29, 1.82) is 0 Å². The van der Waals surface area contributed by atoms with Gasteiger partial charge in [-0.25, -0.2) is 0 Å². The van der Waals surface area contributed by atoms with Gasteiger partial charge in [0.1, 0.15) is 0 Å². The lowest BCUT2D eigenvalue weighted by Crippen LogP contribution is -2.31.